The number of thioether (sulfide) groups is 1. The molecule has 3 N–H and O–H groups in total. The number of carbonyl (C=O) groups excluding carboxylic acids is 1. The molecule has 1 heterocycles. The van der Waals surface area contributed by atoms with Gasteiger partial charge in [-0.15, -0.1) is 12.4 Å². The third-order valence-electron chi connectivity index (χ3n) is 4.91. The summed E-state index contributed by atoms with van der Waals surface area (Å²) >= 11 is 1.73. The Morgan fingerprint density at radius 2 is 2.00 bits per heavy atom. The lowest BCUT2D eigenvalue weighted by molar-refractivity contribution is -0.122. The van der Waals surface area contributed by atoms with Gasteiger partial charge in [-0.05, 0) is 62.4 Å². The predicted octanol–water partition coefficient (Wildman–Crippen LogP) is 2.52. The van der Waals surface area contributed by atoms with Crippen LogP contribution >= 0.6 is 24.2 Å². The quantitative estimate of drug-likeness (QED) is 0.576. The van der Waals surface area contributed by atoms with Crippen molar-refractivity contribution in [2.75, 3.05) is 56.2 Å². The zero-order valence-electron chi connectivity index (χ0n) is 16.7. The number of nitrogens with one attached hydrogen (secondary N) is 1. The van der Waals surface area contributed by atoms with E-state index in [9.17, 15) is 4.79 Å². The highest BCUT2D eigenvalue weighted by Gasteiger charge is 2.17. The SMILES string of the molecule is CSCCC(N)C(=O)NCCCCN1CCN(c2cccc(C)c2)CC1.Cl. The number of hydrogen-bond donors (Lipinski definition) is 2. The first kappa shape index (κ1) is 24.1. The second-order valence-corrected chi connectivity index (χ2v) is 8.04. The summed E-state index contributed by atoms with van der Waals surface area (Å²) in [7, 11) is 0. The van der Waals surface area contributed by atoms with E-state index in [4.69, 9.17) is 5.73 Å². The first-order valence-electron chi connectivity index (χ1n) is 9.66. The third-order valence-corrected chi connectivity index (χ3v) is 5.55. The van der Waals surface area contributed by atoms with Crippen molar-refractivity contribution < 1.29 is 4.79 Å². The first-order valence-corrected chi connectivity index (χ1v) is 11.1. The fraction of sp³-hybridized carbons (Fsp3) is 0.650. The molecule has 5 nitrogen and oxygen atoms in total. The fourth-order valence-corrected chi connectivity index (χ4v) is 3.72. The van der Waals surface area contributed by atoms with Crippen LogP contribution in [0.15, 0.2) is 24.3 Å². The molecule has 1 amide bonds. The number of unbranched alkanes of at least 4 members (excludes halogenated alkanes) is 1. The highest BCUT2D eigenvalue weighted by Crippen LogP contribution is 2.17. The summed E-state index contributed by atoms with van der Waals surface area (Å²) in [4.78, 5) is 16.8. The van der Waals surface area contributed by atoms with Crippen molar-refractivity contribution in [2.24, 2.45) is 5.73 Å². The molecule has 1 aliphatic heterocycles. The van der Waals surface area contributed by atoms with Gasteiger partial charge < -0.3 is 16.0 Å². The van der Waals surface area contributed by atoms with Gasteiger partial charge in [0.1, 0.15) is 0 Å². The molecule has 27 heavy (non-hydrogen) atoms. The highest BCUT2D eigenvalue weighted by molar-refractivity contribution is 7.98. The number of aryl methyl sites for hydroxylation is 1. The van der Waals surface area contributed by atoms with Crippen molar-refractivity contribution in [1.29, 1.82) is 0 Å². The molecular weight excluding hydrogens is 380 g/mol. The first-order chi connectivity index (χ1) is 12.6. The molecule has 0 radical (unpaired) electrons. The van der Waals surface area contributed by atoms with Crippen LogP contribution in [0.4, 0.5) is 5.69 Å². The standard InChI is InChI=1S/C20H34N4OS.ClH/c1-17-6-5-7-18(16-17)24-13-11-23(12-14-24)10-4-3-9-22-20(25)19(21)8-15-26-2;/h5-7,16,19H,3-4,8-15,21H2,1-2H3,(H,22,25);1H. The Morgan fingerprint density at radius 3 is 2.67 bits per heavy atom. The minimum Gasteiger partial charge on any atom is -0.369 e. The molecule has 1 fully saturated rings. The number of anilines is 1. The topological polar surface area (TPSA) is 61.6 Å². The zero-order chi connectivity index (χ0) is 18.8. The summed E-state index contributed by atoms with van der Waals surface area (Å²) in [6.45, 7) is 8.38. The average Bonchev–Trinajstić information content (AvgIpc) is 2.66. The normalized spacial score (nSPS) is 15.9. The van der Waals surface area contributed by atoms with Gasteiger partial charge in [-0.25, -0.2) is 0 Å². The summed E-state index contributed by atoms with van der Waals surface area (Å²) < 4.78 is 0. The Kier molecular flexibility index (Phi) is 11.8. The Bertz CT molecular complexity index is 553. The molecule has 0 aromatic heterocycles. The molecule has 1 aliphatic rings. The Hall–Kier alpha value is -0.950. The Labute approximate surface area is 174 Å². The van der Waals surface area contributed by atoms with Crippen LogP contribution in [-0.4, -0.2) is 68.1 Å². The number of carbonyl (C=O) groups is 1. The summed E-state index contributed by atoms with van der Waals surface area (Å²) in [5.74, 6) is 0.925. The van der Waals surface area contributed by atoms with Crippen LogP contribution in [0.1, 0.15) is 24.8 Å². The van der Waals surface area contributed by atoms with Gasteiger partial charge in [0.2, 0.25) is 5.91 Å². The zero-order valence-corrected chi connectivity index (χ0v) is 18.3. The molecular formula is C20H35ClN4OS. The summed E-state index contributed by atoms with van der Waals surface area (Å²) in [5, 5.41) is 2.96. The van der Waals surface area contributed by atoms with Crippen molar-refractivity contribution in [3.8, 4) is 0 Å². The van der Waals surface area contributed by atoms with Gasteiger partial charge in [0.15, 0.2) is 0 Å². The van der Waals surface area contributed by atoms with Crippen molar-refractivity contribution >= 4 is 35.8 Å². The van der Waals surface area contributed by atoms with Crippen LogP contribution in [-0.2, 0) is 4.79 Å². The smallest absolute Gasteiger partial charge is 0.236 e. The summed E-state index contributed by atoms with van der Waals surface area (Å²) in [5.41, 5.74) is 8.52. The number of hydrogen-bond acceptors (Lipinski definition) is 5. The molecule has 1 aromatic carbocycles. The maximum Gasteiger partial charge on any atom is 0.236 e. The van der Waals surface area contributed by atoms with E-state index in [-0.39, 0.29) is 24.4 Å². The molecule has 7 heteroatoms. The number of rotatable bonds is 10. The van der Waals surface area contributed by atoms with E-state index in [2.05, 4.69) is 46.3 Å². The minimum atomic E-state index is -0.364. The lowest BCUT2D eigenvalue weighted by Gasteiger charge is -2.36. The van der Waals surface area contributed by atoms with Crippen molar-refractivity contribution in [2.45, 2.75) is 32.2 Å². The third kappa shape index (κ3) is 8.73. The maximum absolute atomic E-state index is 11.8. The molecule has 0 saturated carbocycles. The van der Waals surface area contributed by atoms with Crippen LogP contribution in [0.2, 0.25) is 0 Å². The summed E-state index contributed by atoms with van der Waals surface area (Å²) in [6.07, 6.45) is 4.91. The van der Waals surface area contributed by atoms with Crippen LogP contribution in [0.5, 0.6) is 0 Å². The van der Waals surface area contributed by atoms with E-state index in [1.54, 1.807) is 11.8 Å². The number of benzene rings is 1. The van der Waals surface area contributed by atoms with Gasteiger partial charge in [-0.1, -0.05) is 12.1 Å². The van der Waals surface area contributed by atoms with Gasteiger partial charge in [0.25, 0.3) is 0 Å². The van der Waals surface area contributed by atoms with E-state index in [1.807, 2.05) is 6.26 Å². The molecule has 1 aromatic rings. The number of amides is 1. The maximum atomic E-state index is 11.8. The monoisotopic (exact) mass is 414 g/mol. The molecule has 0 aliphatic carbocycles. The number of piperazine rings is 1. The van der Waals surface area contributed by atoms with Gasteiger partial charge in [0, 0.05) is 38.4 Å². The Morgan fingerprint density at radius 1 is 1.26 bits per heavy atom. The van der Waals surface area contributed by atoms with E-state index in [1.165, 1.54) is 11.3 Å². The van der Waals surface area contributed by atoms with Crippen LogP contribution < -0.4 is 16.0 Å². The fourth-order valence-electron chi connectivity index (χ4n) is 3.23. The highest BCUT2D eigenvalue weighted by atomic mass is 35.5. The largest absolute Gasteiger partial charge is 0.369 e. The molecule has 154 valence electrons. The molecule has 2 rings (SSSR count). The van der Waals surface area contributed by atoms with Gasteiger partial charge in [0.05, 0.1) is 6.04 Å². The van der Waals surface area contributed by atoms with E-state index in [0.29, 0.717) is 0 Å². The van der Waals surface area contributed by atoms with Gasteiger partial charge >= 0.3 is 0 Å². The molecule has 0 bridgehead atoms. The number of nitrogens with two attached hydrogens (primary N) is 1. The van der Waals surface area contributed by atoms with E-state index in [0.717, 1.165) is 64.3 Å². The van der Waals surface area contributed by atoms with Crippen LogP contribution in [0.3, 0.4) is 0 Å². The van der Waals surface area contributed by atoms with Gasteiger partial charge in [-0.3, -0.25) is 9.69 Å². The number of halogens is 1. The van der Waals surface area contributed by atoms with Crippen molar-refractivity contribution in [3.63, 3.8) is 0 Å². The van der Waals surface area contributed by atoms with Crippen molar-refractivity contribution in [3.05, 3.63) is 29.8 Å². The van der Waals surface area contributed by atoms with Gasteiger partial charge in [-0.2, -0.15) is 11.8 Å². The lowest BCUT2D eigenvalue weighted by atomic mass is 10.2. The molecule has 1 unspecified atom stereocenters. The summed E-state index contributed by atoms with van der Waals surface area (Å²) in [6, 6.07) is 8.39. The molecule has 1 saturated heterocycles. The second kappa shape index (κ2) is 13.3. The van der Waals surface area contributed by atoms with E-state index >= 15 is 0 Å². The van der Waals surface area contributed by atoms with Crippen molar-refractivity contribution in [1.82, 2.24) is 10.2 Å². The second-order valence-electron chi connectivity index (χ2n) is 7.05. The van der Waals surface area contributed by atoms with E-state index < -0.39 is 0 Å². The van der Waals surface area contributed by atoms with Crippen LogP contribution in [0, 0.1) is 6.92 Å². The lowest BCUT2D eigenvalue weighted by Crippen LogP contribution is -2.46. The molecule has 0 spiro atoms. The molecule has 1 atom stereocenters. The number of nitrogens with zero attached hydrogens (tertiary/aromatic N) is 2. The Balaban J connectivity index is 0.00000364. The predicted molar refractivity (Wildman–Crippen MR) is 120 cm³/mol. The average molecular weight is 415 g/mol. The minimum absolute atomic E-state index is 0. The van der Waals surface area contributed by atoms with Crippen LogP contribution in [0.25, 0.3) is 0 Å².